The minimum atomic E-state index is -3.00. The summed E-state index contributed by atoms with van der Waals surface area (Å²) in [4.78, 5) is 16.0. The number of nitrogen functional groups attached to an aromatic ring is 1. The van der Waals surface area contributed by atoms with Crippen LogP contribution < -0.4 is 26.0 Å². The first kappa shape index (κ1) is 31.4. The molecular weight excluding hydrogens is 564 g/mol. The van der Waals surface area contributed by atoms with Crippen molar-refractivity contribution in [1.29, 1.82) is 5.41 Å². The summed E-state index contributed by atoms with van der Waals surface area (Å²) in [7, 11) is 1.80. The molecule has 0 radical (unpaired) electrons. The zero-order chi connectivity index (χ0) is 31.2. The third-order valence-electron chi connectivity index (χ3n) is 8.68. The molecule has 0 bridgehead atoms. The lowest BCUT2D eigenvalue weighted by atomic mass is 10.1. The molecule has 1 atom stereocenters. The van der Waals surface area contributed by atoms with Gasteiger partial charge < -0.3 is 31.4 Å². The summed E-state index contributed by atoms with van der Waals surface area (Å²) in [5.41, 5.74) is 11.0. The Morgan fingerprint density at radius 2 is 1.80 bits per heavy atom. The van der Waals surface area contributed by atoms with E-state index in [4.69, 9.17) is 15.9 Å². The van der Waals surface area contributed by atoms with E-state index in [0.29, 0.717) is 40.5 Å². The van der Waals surface area contributed by atoms with E-state index in [2.05, 4.69) is 49.1 Å². The Labute approximate surface area is 258 Å². The quantitative estimate of drug-likeness (QED) is 0.175. The summed E-state index contributed by atoms with van der Waals surface area (Å²) < 4.78 is 32.1. The first-order valence-corrected chi connectivity index (χ1v) is 15.3. The second-order valence-electron chi connectivity index (χ2n) is 11.6. The van der Waals surface area contributed by atoms with Crippen LogP contribution >= 0.6 is 0 Å². The number of ether oxygens (including phenoxy) is 1. The van der Waals surface area contributed by atoms with Crippen molar-refractivity contribution < 1.29 is 13.5 Å². The second kappa shape index (κ2) is 14.2. The summed E-state index contributed by atoms with van der Waals surface area (Å²) in [5.74, 6) is 0.393. The van der Waals surface area contributed by atoms with Crippen LogP contribution in [0.5, 0.6) is 5.75 Å². The van der Waals surface area contributed by atoms with Gasteiger partial charge in [0.2, 0.25) is 0 Å². The predicted octanol–water partition coefficient (Wildman–Crippen LogP) is 5.50. The van der Waals surface area contributed by atoms with E-state index in [0.717, 1.165) is 69.8 Å². The monoisotopic (exact) mass is 607 g/mol. The summed E-state index contributed by atoms with van der Waals surface area (Å²) in [6.07, 6.45) is 5.76. The number of aromatic nitrogens is 2. The standard InChI is InChI=1S/C32H43F2N9O/c1-21(2)41-11-13-42(14-12-41)24-5-4-9-43(10-8-24)29-18-30(44-32(33)34)28(16-25(29)36)40-31-17-27(38-20-39-31)22-6-7-26(37-3)23(15-22)19-35/h6-7,15-21,24,32,35,37H,4-5,8-14,36H2,1-3H3,(H,38,39,40). The molecule has 3 heterocycles. The fourth-order valence-electron chi connectivity index (χ4n) is 6.25. The Hall–Kier alpha value is -4.03. The Bertz CT molecular complexity index is 1430. The highest BCUT2D eigenvalue weighted by Crippen LogP contribution is 2.39. The zero-order valence-corrected chi connectivity index (χ0v) is 25.7. The average molecular weight is 608 g/mol. The molecule has 3 aromatic rings. The number of hydrogen-bond acceptors (Lipinski definition) is 10. The molecule has 0 amide bonds. The minimum absolute atomic E-state index is 0.000526. The molecule has 2 aromatic carbocycles. The molecule has 5 rings (SSSR count). The van der Waals surface area contributed by atoms with Crippen molar-refractivity contribution in [2.75, 3.05) is 67.6 Å². The number of benzene rings is 2. The van der Waals surface area contributed by atoms with E-state index < -0.39 is 6.61 Å². The van der Waals surface area contributed by atoms with Gasteiger partial charge in [0, 0.05) is 93.6 Å². The highest BCUT2D eigenvalue weighted by atomic mass is 19.3. The molecule has 2 saturated heterocycles. The van der Waals surface area contributed by atoms with Crippen LogP contribution in [0.2, 0.25) is 0 Å². The molecule has 44 heavy (non-hydrogen) atoms. The first-order chi connectivity index (χ1) is 21.2. The first-order valence-electron chi connectivity index (χ1n) is 15.3. The fraction of sp³-hybridized carbons (Fsp3) is 0.469. The molecule has 10 nitrogen and oxygen atoms in total. The number of nitrogens with one attached hydrogen (secondary N) is 3. The van der Waals surface area contributed by atoms with Gasteiger partial charge in [-0.15, -0.1) is 0 Å². The van der Waals surface area contributed by atoms with Crippen LogP contribution in [0.3, 0.4) is 0 Å². The van der Waals surface area contributed by atoms with Gasteiger partial charge in [-0.1, -0.05) is 6.07 Å². The van der Waals surface area contributed by atoms with Gasteiger partial charge in [-0.25, -0.2) is 9.97 Å². The fourth-order valence-corrected chi connectivity index (χ4v) is 6.25. The van der Waals surface area contributed by atoms with E-state index in [1.54, 1.807) is 25.2 Å². The smallest absolute Gasteiger partial charge is 0.387 e. The average Bonchev–Trinajstić information content (AvgIpc) is 3.28. The number of rotatable bonds is 10. The van der Waals surface area contributed by atoms with Gasteiger partial charge in [0.25, 0.3) is 0 Å². The molecule has 12 heteroatoms. The predicted molar refractivity (Wildman–Crippen MR) is 174 cm³/mol. The van der Waals surface area contributed by atoms with Gasteiger partial charge in [0.1, 0.15) is 12.1 Å². The number of piperazine rings is 1. The van der Waals surface area contributed by atoms with Crippen molar-refractivity contribution in [2.45, 2.75) is 51.8 Å². The Balaban J connectivity index is 1.33. The van der Waals surface area contributed by atoms with Crippen LogP contribution in [0.4, 0.5) is 37.3 Å². The largest absolute Gasteiger partial charge is 0.433 e. The van der Waals surface area contributed by atoms with Crippen LogP contribution in [0.25, 0.3) is 11.3 Å². The summed E-state index contributed by atoms with van der Waals surface area (Å²) in [5, 5.41) is 13.9. The van der Waals surface area contributed by atoms with Gasteiger partial charge in [0.05, 0.1) is 22.8 Å². The van der Waals surface area contributed by atoms with E-state index in [1.807, 2.05) is 18.2 Å². The lowest BCUT2D eigenvalue weighted by Gasteiger charge is -2.40. The maximum atomic E-state index is 13.6. The molecule has 2 fully saturated rings. The molecule has 5 N–H and O–H groups in total. The van der Waals surface area contributed by atoms with Crippen molar-refractivity contribution in [3.05, 3.63) is 48.3 Å². The Morgan fingerprint density at radius 3 is 2.50 bits per heavy atom. The molecule has 236 valence electrons. The minimum Gasteiger partial charge on any atom is -0.433 e. The van der Waals surface area contributed by atoms with Crippen LogP contribution in [0.1, 0.15) is 38.7 Å². The van der Waals surface area contributed by atoms with Gasteiger partial charge in [-0.3, -0.25) is 9.80 Å². The lowest BCUT2D eigenvalue weighted by Crippen LogP contribution is -2.52. The number of hydrogen-bond donors (Lipinski definition) is 4. The molecular formula is C32H43F2N9O. The van der Waals surface area contributed by atoms with Crippen molar-refractivity contribution in [3.63, 3.8) is 0 Å². The molecule has 1 unspecified atom stereocenters. The highest BCUT2D eigenvalue weighted by molar-refractivity contribution is 5.88. The number of nitrogens with zero attached hydrogens (tertiary/aromatic N) is 5. The molecule has 0 spiro atoms. The molecule has 0 aliphatic carbocycles. The summed E-state index contributed by atoms with van der Waals surface area (Å²) in [6.45, 7) is 7.43. The third-order valence-corrected chi connectivity index (χ3v) is 8.68. The molecule has 2 aliphatic heterocycles. The SMILES string of the molecule is CNc1ccc(-c2cc(Nc3cc(N)c(N4CCCC(N5CCN(C(C)C)CC5)CC4)cc3OC(F)F)ncn2)cc1C=N. The van der Waals surface area contributed by atoms with Crippen molar-refractivity contribution in [2.24, 2.45) is 0 Å². The Kier molecular flexibility index (Phi) is 10.1. The van der Waals surface area contributed by atoms with E-state index >= 15 is 0 Å². The lowest BCUT2D eigenvalue weighted by molar-refractivity contribution is -0.0493. The van der Waals surface area contributed by atoms with Crippen LogP contribution in [0.15, 0.2) is 42.7 Å². The number of alkyl halides is 2. The molecule has 2 aliphatic rings. The maximum absolute atomic E-state index is 13.6. The highest BCUT2D eigenvalue weighted by Gasteiger charge is 2.28. The summed E-state index contributed by atoms with van der Waals surface area (Å²) >= 11 is 0. The van der Waals surface area contributed by atoms with E-state index in [9.17, 15) is 8.78 Å². The molecule has 1 aromatic heterocycles. The number of anilines is 5. The van der Waals surface area contributed by atoms with Crippen molar-refractivity contribution in [1.82, 2.24) is 19.8 Å². The maximum Gasteiger partial charge on any atom is 0.387 e. The van der Waals surface area contributed by atoms with Gasteiger partial charge in [-0.05, 0) is 51.3 Å². The summed E-state index contributed by atoms with van der Waals surface area (Å²) in [6, 6.07) is 11.6. The van der Waals surface area contributed by atoms with Crippen LogP contribution in [-0.2, 0) is 0 Å². The van der Waals surface area contributed by atoms with Crippen LogP contribution in [-0.4, -0.2) is 91.0 Å². The Morgan fingerprint density at radius 1 is 1.00 bits per heavy atom. The zero-order valence-electron chi connectivity index (χ0n) is 25.7. The second-order valence-corrected chi connectivity index (χ2v) is 11.6. The van der Waals surface area contributed by atoms with Crippen molar-refractivity contribution in [3.8, 4) is 17.0 Å². The third kappa shape index (κ3) is 7.36. The van der Waals surface area contributed by atoms with E-state index in [1.165, 1.54) is 12.5 Å². The van der Waals surface area contributed by atoms with E-state index in [-0.39, 0.29) is 11.4 Å². The molecule has 0 saturated carbocycles. The number of nitrogens with two attached hydrogens (primary N) is 1. The van der Waals surface area contributed by atoms with Gasteiger partial charge in [-0.2, -0.15) is 8.78 Å². The van der Waals surface area contributed by atoms with Crippen molar-refractivity contribution >= 4 is 34.8 Å². The number of halogens is 2. The van der Waals surface area contributed by atoms with Gasteiger partial charge >= 0.3 is 6.61 Å². The van der Waals surface area contributed by atoms with Gasteiger partial charge in [0.15, 0.2) is 5.75 Å². The normalized spacial score (nSPS) is 18.3. The topological polar surface area (TPSA) is 119 Å². The van der Waals surface area contributed by atoms with Crippen LogP contribution in [0, 0.1) is 5.41 Å².